The van der Waals surface area contributed by atoms with Gasteiger partial charge in [-0.2, -0.15) is 0 Å². The molecule has 0 spiro atoms. The Balaban J connectivity index is 2.52. The summed E-state index contributed by atoms with van der Waals surface area (Å²) in [5.74, 6) is -1.43. The van der Waals surface area contributed by atoms with E-state index in [4.69, 9.17) is 10.2 Å². The SMILES string of the molecule is CC(C(=O)NCc1ccccc1)=C(O)O. The first-order valence-electron chi connectivity index (χ1n) is 4.52. The van der Waals surface area contributed by atoms with Gasteiger partial charge in [-0.25, -0.2) is 0 Å². The fourth-order valence-corrected chi connectivity index (χ4v) is 1.01. The molecular formula is C11H13NO3. The highest BCUT2D eigenvalue weighted by Crippen LogP contribution is 2.00. The van der Waals surface area contributed by atoms with Gasteiger partial charge in [-0.1, -0.05) is 30.3 Å². The topological polar surface area (TPSA) is 69.6 Å². The number of rotatable bonds is 3. The molecule has 0 aromatic heterocycles. The summed E-state index contributed by atoms with van der Waals surface area (Å²) < 4.78 is 0. The zero-order valence-electron chi connectivity index (χ0n) is 8.40. The van der Waals surface area contributed by atoms with Crippen molar-refractivity contribution in [3.05, 3.63) is 47.4 Å². The maximum atomic E-state index is 11.3. The van der Waals surface area contributed by atoms with Crippen LogP contribution in [0.4, 0.5) is 0 Å². The Kier molecular flexibility index (Phi) is 3.74. The summed E-state index contributed by atoms with van der Waals surface area (Å²) >= 11 is 0. The van der Waals surface area contributed by atoms with Crippen molar-refractivity contribution < 1.29 is 15.0 Å². The zero-order valence-corrected chi connectivity index (χ0v) is 8.40. The van der Waals surface area contributed by atoms with Crippen LogP contribution < -0.4 is 5.32 Å². The summed E-state index contributed by atoms with van der Waals surface area (Å²) in [7, 11) is 0. The fourth-order valence-electron chi connectivity index (χ4n) is 1.01. The number of nitrogens with one attached hydrogen (secondary N) is 1. The Morgan fingerprint density at radius 1 is 1.27 bits per heavy atom. The maximum absolute atomic E-state index is 11.3. The molecule has 1 aromatic carbocycles. The fraction of sp³-hybridized carbons (Fsp3) is 0.182. The predicted molar refractivity (Wildman–Crippen MR) is 56.2 cm³/mol. The number of hydrogen-bond donors (Lipinski definition) is 3. The largest absolute Gasteiger partial charge is 0.481 e. The summed E-state index contributed by atoms with van der Waals surface area (Å²) in [5, 5.41) is 19.9. The first kappa shape index (κ1) is 11.1. The Bertz CT molecular complexity index is 367. The van der Waals surface area contributed by atoms with E-state index in [1.54, 1.807) is 0 Å². The minimum atomic E-state index is -0.944. The van der Waals surface area contributed by atoms with Gasteiger partial charge in [0, 0.05) is 6.54 Å². The lowest BCUT2D eigenvalue weighted by atomic mass is 10.2. The quantitative estimate of drug-likeness (QED) is 0.521. The zero-order chi connectivity index (χ0) is 11.3. The van der Waals surface area contributed by atoms with E-state index >= 15 is 0 Å². The van der Waals surface area contributed by atoms with Crippen molar-refractivity contribution in [1.82, 2.24) is 5.32 Å². The molecule has 0 radical (unpaired) electrons. The van der Waals surface area contributed by atoms with Crippen molar-refractivity contribution in [2.45, 2.75) is 13.5 Å². The van der Waals surface area contributed by atoms with Crippen LogP contribution in [0.5, 0.6) is 0 Å². The van der Waals surface area contributed by atoms with Crippen LogP contribution in [-0.2, 0) is 11.3 Å². The first-order valence-corrected chi connectivity index (χ1v) is 4.52. The second-order valence-electron chi connectivity index (χ2n) is 3.12. The number of hydrogen-bond acceptors (Lipinski definition) is 3. The summed E-state index contributed by atoms with van der Waals surface area (Å²) in [4.78, 5) is 11.3. The third-order valence-corrected chi connectivity index (χ3v) is 1.97. The predicted octanol–water partition coefficient (Wildman–Crippen LogP) is 1.65. The van der Waals surface area contributed by atoms with E-state index in [0.29, 0.717) is 6.54 Å². The van der Waals surface area contributed by atoms with Gasteiger partial charge in [0.15, 0.2) is 0 Å². The highest BCUT2D eigenvalue weighted by molar-refractivity contribution is 5.92. The summed E-state index contributed by atoms with van der Waals surface area (Å²) in [5.41, 5.74) is 0.863. The molecule has 0 atom stereocenters. The number of carbonyl (C=O) groups excluding carboxylic acids is 1. The molecule has 0 aliphatic rings. The van der Waals surface area contributed by atoms with Crippen LogP contribution in [0.3, 0.4) is 0 Å². The lowest BCUT2D eigenvalue weighted by Gasteiger charge is -2.04. The molecule has 0 unspecified atom stereocenters. The molecule has 4 nitrogen and oxygen atoms in total. The van der Waals surface area contributed by atoms with Gasteiger partial charge in [0.05, 0.1) is 5.57 Å². The Labute approximate surface area is 87.9 Å². The van der Waals surface area contributed by atoms with Crippen LogP contribution in [0, 0.1) is 0 Å². The monoisotopic (exact) mass is 207 g/mol. The lowest BCUT2D eigenvalue weighted by Crippen LogP contribution is -2.24. The molecule has 0 aliphatic carbocycles. The average Bonchev–Trinajstić information content (AvgIpc) is 2.26. The van der Waals surface area contributed by atoms with Crippen LogP contribution in [0.2, 0.25) is 0 Å². The van der Waals surface area contributed by atoms with Gasteiger partial charge in [0.25, 0.3) is 11.9 Å². The Hall–Kier alpha value is -1.97. The lowest BCUT2D eigenvalue weighted by molar-refractivity contribution is -0.118. The highest BCUT2D eigenvalue weighted by atomic mass is 16.5. The normalized spacial score (nSPS) is 9.40. The van der Waals surface area contributed by atoms with Crippen LogP contribution in [-0.4, -0.2) is 16.1 Å². The van der Waals surface area contributed by atoms with E-state index in [-0.39, 0.29) is 5.57 Å². The molecule has 0 fully saturated rings. The van der Waals surface area contributed by atoms with Crippen molar-refractivity contribution >= 4 is 5.91 Å². The molecular weight excluding hydrogens is 194 g/mol. The summed E-state index contributed by atoms with van der Waals surface area (Å²) in [6, 6.07) is 9.37. The minimum Gasteiger partial charge on any atom is -0.481 e. The number of aliphatic hydroxyl groups excluding tert-OH is 1. The molecule has 1 aromatic rings. The second kappa shape index (κ2) is 5.05. The Morgan fingerprint density at radius 3 is 2.40 bits per heavy atom. The number of carbonyl (C=O) groups is 1. The van der Waals surface area contributed by atoms with Gasteiger partial charge in [-0.3, -0.25) is 4.79 Å². The van der Waals surface area contributed by atoms with Gasteiger partial charge in [0.2, 0.25) is 0 Å². The van der Waals surface area contributed by atoms with Crippen LogP contribution in [0.15, 0.2) is 41.9 Å². The highest BCUT2D eigenvalue weighted by Gasteiger charge is 2.08. The third-order valence-electron chi connectivity index (χ3n) is 1.97. The molecule has 0 heterocycles. The Morgan fingerprint density at radius 2 is 1.87 bits per heavy atom. The van der Waals surface area contributed by atoms with E-state index in [0.717, 1.165) is 5.56 Å². The van der Waals surface area contributed by atoms with E-state index in [1.165, 1.54) is 6.92 Å². The smallest absolute Gasteiger partial charge is 0.282 e. The number of benzene rings is 1. The van der Waals surface area contributed by atoms with Crippen molar-refractivity contribution in [2.75, 3.05) is 0 Å². The molecule has 4 heteroatoms. The van der Waals surface area contributed by atoms with Gasteiger partial charge in [-0.05, 0) is 12.5 Å². The van der Waals surface area contributed by atoms with Crippen LogP contribution >= 0.6 is 0 Å². The van der Waals surface area contributed by atoms with Crippen molar-refractivity contribution in [3.63, 3.8) is 0 Å². The standard InChI is InChI=1S/C11H13NO3/c1-8(11(14)15)10(13)12-7-9-5-3-2-4-6-9/h2-6,14-15H,7H2,1H3,(H,12,13). The van der Waals surface area contributed by atoms with Gasteiger partial charge in [0.1, 0.15) is 0 Å². The van der Waals surface area contributed by atoms with Crippen molar-refractivity contribution in [1.29, 1.82) is 0 Å². The molecule has 80 valence electrons. The van der Waals surface area contributed by atoms with Gasteiger partial charge in [-0.15, -0.1) is 0 Å². The molecule has 3 N–H and O–H groups in total. The first-order chi connectivity index (χ1) is 7.11. The van der Waals surface area contributed by atoms with E-state index < -0.39 is 11.9 Å². The second-order valence-corrected chi connectivity index (χ2v) is 3.12. The molecule has 1 rings (SSSR count). The van der Waals surface area contributed by atoms with Gasteiger partial charge < -0.3 is 15.5 Å². The maximum Gasteiger partial charge on any atom is 0.282 e. The van der Waals surface area contributed by atoms with E-state index in [1.807, 2.05) is 30.3 Å². The average molecular weight is 207 g/mol. The minimum absolute atomic E-state index is 0.0917. The van der Waals surface area contributed by atoms with Crippen LogP contribution in [0.25, 0.3) is 0 Å². The molecule has 1 amide bonds. The van der Waals surface area contributed by atoms with Gasteiger partial charge >= 0.3 is 0 Å². The molecule has 0 aliphatic heterocycles. The van der Waals surface area contributed by atoms with Crippen molar-refractivity contribution in [2.24, 2.45) is 0 Å². The summed E-state index contributed by atoms with van der Waals surface area (Å²) in [6.45, 7) is 1.71. The number of aliphatic hydroxyl groups is 2. The van der Waals surface area contributed by atoms with Crippen LogP contribution in [0.1, 0.15) is 12.5 Å². The molecule has 0 bridgehead atoms. The molecule has 0 saturated heterocycles. The van der Waals surface area contributed by atoms with E-state index in [9.17, 15) is 4.79 Å². The molecule has 0 saturated carbocycles. The number of amides is 1. The van der Waals surface area contributed by atoms with E-state index in [2.05, 4.69) is 5.32 Å². The third kappa shape index (κ3) is 3.34. The molecule has 15 heavy (non-hydrogen) atoms. The summed E-state index contributed by atoms with van der Waals surface area (Å²) in [6.07, 6.45) is 0. The van der Waals surface area contributed by atoms with Crippen molar-refractivity contribution in [3.8, 4) is 0 Å².